The van der Waals surface area contributed by atoms with Gasteiger partial charge in [0.2, 0.25) is 5.91 Å². The van der Waals surface area contributed by atoms with Gasteiger partial charge in [-0.2, -0.15) is 0 Å². The van der Waals surface area contributed by atoms with Crippen LogP contribution in [-0.4, -0.2) is 24.9 Å². The Morgan fingerprint density at radius 3 is 2.48 bits per heavy atom. The largest absolute Gasteiger partial charge is 0.489 e. The van der Waals surface area contributed by atoms with Crippen molar-refractivity contribution in [2.45, 2.75) is 25.9 Å². The van der Waals surface area contributed by atoms with Crippen LogP contribution in [-0.2, 0) is 11.4 Å². The number of hydrogen-bond acceptors (Lipinski definition) is 2. The molecule has 0 aromatic heterocycles. The normalized spacial score (nSPS) is 12.9. The quantitative estimate of drug-likeness (QED) is 0.656. The van der Waals surface area contributed by atoms with E-state index >= 15 is 0 Å². The zero-order valence-electron chi connectivity index (χ0n) is 15.3. The summed E-state index contributed by atoms with van der Waals surface area (Å²) >= 11 is 0. The Kier molecular flexibility index (Phi) is 6.81. The summed E-state index contributed by atoms with van der Waals surface area (Å²) in [6.07, 6.45) is 2.62. The highest BCUT2D eigenvalue weighted by Crippen LogP contribution is 2.32. The van der Waals surface area contributed by atoms with Gasteiger partial charge in [0.1, 0.15) is 12.4 Å². The van der Waals surface area contributed by atoms with Gasteiger partial charge in [-0.1, -0.05) is 55.5 Å². The number of carbonyl (C=O) groups is 1. The minimum atomic E-state index is -0.232. The van der Waals surface area contributed by atoms with E-state index in [2.05, 4.69) is 19.6 Å². The SMILES string of the molecule is C=C[C@@H](C(=O)N(C)C)[C@@H](CC)c1cccc(OCc2ccccc2)c1. The molecule has 0 bridgehead atoms. The first-order valence-corrected chi connectivity index (χ1v) is 8.67. The molecule has 0 aliphatic heterocycles. The fourth-order valence-corrected chi connectivity index (χ4v) is 3.01. The highest BCUT2D eigenvalue weighted by molar-refractivity contribution is 5.81. The van der Waals surface area contributed by atoms with Crippen molar-refractivity contribution in [3.8, 4) is 5.75 Å². The molecule has 0 unspecified atom stereocenters. The highest BCUT2D eigenvalue weighted by Gasteiger charge is 2.27. The zero-order chi connectivity index (χ0) is 18.2. The monoisotopic (exact) mass is 337 g/mol. The van der Waals surface area contributed by atoms with E-state index in [0.717, 1.165) is 23.3 Å². The Labute approximate surface area is 150 Å². The number of amides is 1. The summed E-state index contributed by atoms with van der Waals surface area (Å²) in [6.45, 7) is 6.51. The topological polar surface area (TPSA) is 29.5 Å². The lowest BCUT2D eigenvalue weighted by Crippen LogP contribution is -2.32. The predicted octanol–water partition coefficient (Wildman–Crippen LogP) is 4.65. The Bertz CT molecular complexity index is 694. The van der Waals surface area contributed by atoms with Crippen molar-refractivity contribution in [3.05, 3.63) is 78.4 Å². The van der Waals surface area contributed by atoms with Gasteiger partial charge in [-0.05, 0) is 35.6 Å². The molecule has 0 spiro atoms. The lowest BCUT2D eigenvalue weighted by Gasteiger charge is -2.26. The zero-order valence-corrected chi connectivity index (χ0v) is 15.3. The van der Waals surface area contributed by atoms with Crippen molar-refractivity contribution in [3.63, 3.8) is 0 Å². The predicted molar refractivity (Wildman–Crippen MR) is 103 cm³/mol. The average Bonchev–Trinajstić information content (AvgIpc) is 2.64. The van der Waals surface area contributed by atoms with E-state index in [1.54, 1.807) is 25.1 Å². The van der Waals surface area contributed by atoms with Crippen LogP contribution >= 0.6 is 0 Å². The number of nitrogens with zero attached hydrogens (tertiary/aromatic N) is 1. The van der Waals surface area contributed by atoms with Gasteiger partial charge in [-0.15, -0.1) is 6.58 Å². The third-order valence-corrected chi connectivity index (χ3v) is 4.39. The van der Waals surface area contributed by atoms with Crippen molar-refractivity contribution >= 4 is 5.91 Å². The van der Waals surface area contributed by atoms with E-state index in [4.69, 9.17) is 4.74 Å². The van der Waals surface area contributed by atoms with E-state index in [-0.39, 0.29) is 17.7 Å². The van der Waals surface area contributed by atoms with Crippen LogP contribution in [0.1, 0.15) is 30.4 Å². The summed E-state index contributed by atoms with van der Waals surface area (Å²) in [7, 11) is 3.57. The van der Waals surface area contributed by atoms with Crippen molar-refractivity contribution in [2.24, 2.45) is 5.92 Å². The van der Waals surface area contributed by atoms with Gasteiger partial charge in [0.15, 0.2) is 0 Å². The van der Waals surface area contributed by atoms with Gasteiger partial charge in [-0.3, -0.25) is 4.79 Å². The first-order chi connectivity index (χ1) is 12.1. The maximum atomic E-state index is 12.5. The van der Waals surface area contributed by atoms with Crippen molar-refractivity contribution in [1.82, 2.24) is 4.90 Å². The van der Waals surface area contributed by atoms with Gasteiger partial charge in [-0.25, -0.2) is 0 Å². The number of rotatable bonds is 8. The fraction of sp³-hybridized carbons (Fsp3) is 0.318. The number of hydrogen-bond donors (Lipinski definition) is 0. The molecule has 2 aromatic carbocycles. The Morgan fingerprint density at radius 1 is 1.16 bits per heavy atom. The molecule has 132 valence electrons. The smallest absolute Gasteiger partial charge is 0.229 e. The molecule has 0 saturated carbocycles. The van der Waals surface area contributed by atoms with Gasteiger partial charge < -0.3 is 9.64 Å². The summed E-state index contributed by atoms with van der Waals surface area (Å²) < 4.78 is 5.93. The Morgan fingerprint density at radius 2 is 1.88 bits per heavy atom. The van der Waals surface area contributed by atoms with Crippen LogP contribution < -0.4 is 4.74 Å². The van der Waals surface area contributed by atoms with E-state index in [0.29, 0.717) is 6.61 Å². The molecule has 3 heteroatoms. The molecule has 3 nitrogen and oxygen atoms in total. The van der Waals surface area contributed by atoms with Gasteiger partial charge >= 0.3 is 0 Å². The minimum absolute atomic E-state index is 0.0810. The first kappa shape index (κ1) is 18.8. The molecule has 2 rings (SSSR count). The summed E-state index contributed by atoms with van der Waals surface area (Å²) in [4.78, 5) is 14.1. The van der Waals surface area contributed by atoms with E-state index in [9.17, 15) is 4.79 Å². The standard InChI is InChI=1S/C22H27NO2/c1-5-20(21(6-2)22(24)23(3)4)18-13-10-14-19(15-18)25-16-17-11-8-7-9-12-17/h6-15,20-21H,2,5,16H2,1,3-4H3/t20-,21+/m0/s1. The maximum absolute atomic E-state index is 12.5. The molecule has 0 fully saturated rings. The molecule has 0 aliphatic rings. The van der Waals surface area contributed by atoms with Gasteiger partial charge in [0, 0.05) is 14.1 Å². The minimum Gasteiger partial charge on any atom is -0.489 e. The highest BCUT2D eigenvalue weighted by atomic mass is 16.5. The molecule has 2 aromatic rings. The summed E-state index contributed by atoms with van der Waals surface area (Å²) in [5, 5.41) is 0. The second-order valence-corrected chi connectivity index (χ2v) is 6.36. The summed E-state index contributed by atoms with van der Waals surface area (Å²) in [5.41, 5.74) is 2.24. The molecular formula is C22H27NO2. The Balaban J connectivity index is 2.17. The molecule has 0 aliphatic carbocycles. The molecule has 0 radical (unpaired) electrons. The van der Waals surface area contributed by atoms with Crippen LogP contribution in [0.2, 0.25) is 0 Å². The Hall–Kier alpha value is -2.55. The third-order valence-electron chi connectivity index (χ3n) is 4.39. The molecule has 2 atom stereocenters. The van der Waals surface area contributed by atoms with Crippen molar-refractivity contribution < 1.29 is 9.53 Å². The van der Waals surface area contributed by atoms with E-state index in [1.807, 2.05) is 48.5 Å². The van der Waals surface area contributed by atoms with Crippen molar-refractivity contribution in [2.75, 3.05) is 14.1 Å². The number of carbonyl (C=O) groups excluding carboxylic acids is 1. The fourth-order valence-electron chi connectivity index (χ4n) is 3.01. The van der Waals surface area contributed by atoms with Crippen LogP contribution in [0.5, 0.6) is 5.75 Å². The van der Waals surface area contributed by atoms with Gasteiger partial charge in [0.05, 0.1) is 5.92 Å². The van der Waals surface area contributed by atoms with Crippen LogP contribution in [0, 0.1) is 5.92 Å². The van der Waals surface area contributed by atoms with Crippen LogP contribution in [0.4, 0.5) is 0 Å². The second-order valence-electron chi connectivity index (χ2n) is 6.36. The van der Waals surface area contributed by atoms with E-state index in [1.165, 1.54) is 0 Å². The number of ether oxygens (including phenoxy) is 1. The molecule has 1 amide bonds. The average molecular weight is 337 g/mol. The lowest BCUT2D eigenvalue weighted by molar-refractivity contribution is -0.132. The van der Waals surface area contributed by atoms with Crippen LogP contribution in [0.3, 0.4) is 0 Å². The van der Waals surface area contributed by atoms with Crippen LogP contribution in [0.15, 0.2) is 67.3 Å². The summed E-state index contributed by atoms with van der Waals surface area (Å²) in [6, 6.07) is 18.1. The molecule has 25 heavy (non-hydrogen) atoms. The van der Waals surface area contributed by atoms with Crippen LogP contribution in [0.25, 0.3) is 0 Å². The molecule has 0 heterocycles. The maximum Gasteiger partial charge on any atom is 0.229 e. The van der Waals surface area contributed by atoms with E-state index < -0.39 is 0 Å². The molecule has 0 saturated heterocycles. The lowest BCUT2D eigenvalue weighted by atomic mass is 9.83. The molecule has 0 N–H and O–H groups in total. The number of benzene rings is 2. The summed E-state index contributed by atoms with van der Waals surface area (Å²) in [5.74, 6) is 0.759. The third kappa shape index (κ3) is 4.96. The molecular weight excluding hydrogens is 310 g/mol. The second kappa shape index (κ2) is 9.07. The first-order valence-electron chi connectivity index (χ1n) is 8.67. The van der Waals surface area contributed by atoms with Crippen molar-refractivity contribution in [1.29, 1.82) is 0 Å². The van der Waals surface area contributed by atoms with Gasteiger partial charge in [0.25, 0.3) is 0 Å².